The number of fused-ring (bicyclic) bond motifs is 1. The second-order valence-electron chi connectivity index (χ2n) is 6.08. The SMILES string of the molecule is COc1cc(C)c(C[C@H](N)C(=O)N2CCc3ccccc32)c(Cl)c1. The number of hydrogen-bond acceptors (Lipinski definition) is 3. The van der Waals surface area contributed by atoms with Gasteiger partial charge < -0.3 is 15.4 Å². The Hall–Kier alpha value is -2.04. The fraction of sp³-hybridized carbons (Fsp3) is 0.316. The third kappa shape index (κ3) is 3.12. The van der Waals surface area contributed by atoms with E-state index in [1.54, 1.807) is 18.1 Å². The van der Waals surface area contributed by atoms with Crippen LogP contribution in [-0.2, 0) is 17.6 Å². The van der Waals surface area contributed by atoms with Crippen LogP contribution in [0.4, 0.5) is 5.69 Å². The van der Waals surface area contributed by atoms with Gasteiger partial charge in [0.2, 0.25) is 5.91 Å². The summed E-state index contributed by atoms with van der Waals surface area (Å²) in [7, 11) is 1.60. The minimum absolute atomic E-state index is 0.0637. The van der Waals surface area contributed by atoms with E-state index < -0.39 is 6.04 Å². The molecule has 1 aliphatic rings. The highest BCUT2D eigenvalue weighted by Gasteiger charge is 2.28. The Morgan fingerprint density at radius 1 is 1.38 bits per heavy atom. The van der Waals surface area contributed by atoms with Crippen LogP contribution in [0.5, 0.6) is 5.75 Å². The number of hydrogen-bond donors (Lipinski definition) is 1. The van der Waals surface area contributed by atoms with Crippen molar-refractivity contribution in [2.75, 3.05) is 18.6 Å². The van der Waals surface area contributed by atoms with Crippen LogP contribution in [0.1, 0.15) is 16.7 Å². The number of ether oxygens (including phenoxy) is 1. The van der Waals surface area contributed by atoms with Crippen molar-refractivity contribution in [3.05, 3.63) is 58.1 Å². The minimum atomic E-state index is -0.624. The molecule has 1 amide bonds. The van der Waals surface area contributed by atoms with Gasteiger partial charge in [0, 0.05) is 17.3 Å². The lowest BCUT2D eigenvalue weighted by Gasteiger charge is -2.22. The molecule has 2 aromatic rings. The lowest BCUT2D eigenvalue weighted by atomic mass is 10.00. The Balaban J connectivity index is 1.79. The quantitative estimate of drug-likeness (QED) is 0.927. The first kappa shape index (κ1) is 16.8. The fourth-order valence-electron chi connectivity index (χ4n) is 3.19. The number of nitrogens with two attached hydrogens (primary N) is 1. The molecule has 0 saturated carbocycles. The maximum absolute atomic E-state index is 12.8. The van der Waals surface area contributed by atoms with Gasteiger partial charge in [-0.05, 0) is 54.7 Å². The molecule has 0 fully saturated rings. The van der Waals surface area contributed by atoms with Crippen molar-refractivity contribution in [1.29, 1.82) is 0 Å². The molecule has 24 heavy (non-hydrogen) atoms. The number of benzene rings is 2. The first-order chi connectivity index (χ1) is 11.5. The maximum atomic E-state index is 12.8. The second-order valence-corrected chi connectivity index (χ2v) is 6.49. The number of halogens is 1. The van der Waals surface area contributed by atoms with Crippen molar-refractivity contribution in [2.45, 2.75) is 25.8 Å². The van der Waals surface area contributed by atoms with Gasteiger partial charge in [-0.1, -0.05) is 29.8 Å². The van der Waals surface area contributed by atoms with E-state index in [9.17, 15) is 4.79 Å². The molecule has 1 atom stereocenters. The van der Waals surface area contributed by atoms with Gasteiger partial charge in [-0.25, -0.2) is 0 Å². The van der Waals surface area contributed by atoms with Gasteiger partial charge in [-0.15, -0.1) is 0 Å². The summed E-state index contributed by atoms with van der Waals surface area (Å²) >= 11 is 6.34. The van der Waals surface area contributed by atoms with E-state index in [1.807, 2.05) is 31.2 Å². The third-order valence-electron chi connectivity index (χ3n) is 4.52. The van der Waals surface area contributed by atoms with Gasteiger partial charge in [0.05, 0.1) is 13.2 Å². The largest absolute Gasteiger partial charge is 0.497 e. The number of carbonyl (C=O) groups is 1. The summed E-state index contributed by atoms with van der Waals surface area (Å²) in [5.74, 6) is 0.640. The zero-order valence-electron chi connectivity index (χ0n) is 13.9. The standard InChI is InChI=1S/C19H21ClN2O2/c1-12-9-14(24-2)10-16(20)15(12)11-17(21)19(23)22-8-7-13-5-3-4-6-18(13)22/h3-6,9-10,17H,7-8,11,21H2,1-2H3/t17-/m0/s1. The molecule has 1 heterocycles. The highest BCUT2D eigenvalue weighted by atomic mass is 35.5. The summed E-state index contributed by atoms with van der Waals surface area (Å²) in [6.07, 6.45) is 1.28. The molecule has 0 bridgehead atoms. The highest BCUT2D eigenvalue weighted by Crippen LogP contribution is 2.30. The number of carbonyl (C=O) groups excluding carboxylic acids is 1. The number of methoxy groups -OCH3 is 1. The number of para-hydroxylation sites is 1. The number of nitrogens with zero attached hydrogens (tertiary/aromatic N) is 1. The summed E-state index contributed by atoms with van der Waals surface area (Å²) in [5, 5.41) is 0.580. The lowest BCUT2D eigenvalue weighted by Crippen LogP contribution is -2.44. The van der Waals surface area contributed by atoms with E-state index in [1.165, 1.54) is 5.56 Å². The molecule has 0 saturated heterocycles. The number of anilines is 1. The van der Waals surface area contributed by atoms with Crippen molar-refractivity contribution in [3.8, 4) is 5.75 Å². The van der Waals surface area contributed by atoms with E-state index >= 15 is 0 Å². The number of amides is 1. The van der Waals surface area contributed by atoms with E-state index in [4.69, 9.17) is 22.1 Å². The first-order valence-electron chi connectivity index (χ1n) is 7.99. The van der Waals surface area contributed by atoms with E-state index in [-0.39, 0.29) is 5.91 Å². The predicted molar refractivity (Wildman–Crippen MR) is 96.9 cm³/mol. The van der Waals surface area contributed by atoms with Gasteiger partial charge in [-0.2, -0.15) is 0 Å². The van der Waals surface area contributed by atoms with Crippen molar-refractivity contribution in [2.24, 2.45) is 5.73 Å². The van der Waals surface area contributed by atoms with Gasteiger partial charge in [0.15, 0.2) is 0 Å². The topological polar surface area (TPSA) is 55.6 Å². The molecular weight excluding hydrogens is 324 g/mol. The molecule has 2 N–H and O–H groups in total. The molecular formula is C19H21ClN2O2. The van der Waals surface area contributed by atoms with Gasteiger partial charge >= 0.3 is 0 Å². The smallest absolute Gasteiger partial charge is 0.244 e. The van der Waals surface area contributed by atoms with Crippen molar-refractivity contribution in [3.63, 3.8) is 0 Å². The van der Waals surface area contributed by atoms with Crippen LogP contribution >= 0.6 is 11.6 Å². The average Bonchev–Trinajstić information content (AvgIpc) is 3.01. The fourth-order valence-corrected chi connectivity index (χ4v) is 3.53. The van der Waals surface area contributed by atoms with Gasteiger partial charge in [0.1, 0.15) is 5.75 Å². The molecule has 0 aromatic heterocycles. The van der Waals surface area contributed by atoms with Crippen LogP contribution in [-0.4, -0.2) is 25.6 Å². The van der Waals surface area contributed by atoms with Crippen LogP contribution in [0.25, 0.3) is 0 Å². The summed E-state index contributed by atoms with van der Waals surface area (Å²) in [6.45, 7) is 2.63. The summed E-state index contributed by atoms with van der Waals surface area (Å²) < 4.78 is 5.21. The van der Waals surface area contributed by atoms with Crippen LogP contribution in [0.15, 0.2) is 36.4 Å². The molecule has 1 aliphatic heterocycles. The second kappa shape index (κ2) is 6.83. The Labute approximate surface area is 147 Å². The van der Waals surface area contributed by atoms with Gasteiger partial charge in [-0.3, -0.25) is 4.79 Å². The molecule has 0 unspecified atom stereocenters. The summed E-state index contributed by atoms with van der Waals surface area (Å²) in [4.78, 5) is 14.6. The van der Waals surface area contributed by atoms with Crippen LogP contribution in [0, 0.1) is 6.92 Å². The predicted octanol–water partition coefficient (Wildman–Crippen LogP) is 3.12. The molecule has 0 aliphatic carbocycles. The minimum Gasteiger partial charge on any atom is -0.497 e. The monoisotopic (exact) mass is 344 g/mol. The molecule has 0 spiro atoms. The molecule has 3 rings (SSSR count). The van der Waals surface area contributed by atoms with E-state index in [2.05, 4.69) is 6.07 Å². The maximum Gasteiger partial charge on any atom is 0.244 e. The molecule has 2 aromatic carbocycles. The number of rotatable bonds is 4. The normalized spacial score (nSPS) is 14.4. The van der Waals surface area contributed by atoms with Crippen molar-refractivity contribution < 1.29 is 9.53 Å². The Bertz CT molecular complexity index is 753. The molecule has 126 valence electrons. The Kier molecular flexibility index (Phi) is 4.78. The van der Waals surface area contributed by atoms with Crippen molar-refractivity contribution in [1.82, 2.24) is 0 Å². The zero-order chi connectivity index (χ0) is 17.3. The van der Waals surface area contributed by atoms with E-state index in [0.29, 0.717) is 23.7 Å². The third-order valence-corrected chi connectivity index (χ3v) is 4.86. The van der Waals surface area contributed by atoms with Crippen LogP contribution < -0.4 is 15.4 Å². The Morgan fingerprint density at radius 2 is 2.12 bits per heavy atom. The van der Waals surface area contributed by atoms with Gasteiger partial charge in [0.25, 0.3) is 0 Å². The first-order valence-corrected chi connectivity index (χ1v) is 8.37. The summed E-state index contributed by atoms with van der Waals surface area (Å²) in [6, 6.07) is 11.0. The molecule has 4 nitrogen and oxygen atoms in total. The summed E-state index contributed by atoms with van der Waals surface area (Å²) in [5.41, 5.74) is 10.2. The molecule has 0 radical (unpaired) electrons. The van der Waals surface area contributed by atoms with E-state index in [0.717, 1.165) is 23.2 Å². The van der Waals surface area contributed by atoms with Crippen molar-refractivity contribution >= 4 is 23.2 Å². The van der Waals surface area contributed by atoms with Crippen LogP contribution in [0.3, 0.4) is 0 Å². The lowest BCUT2D eigenvalue weighted by molar-refractivity contribution is -0.119. The Morgan fingerprint density at radius 3 is 2.83 bits per heavy atom. The zero-order valence-corrected chi connectivity index (χ0v) is 14.6. The van der Waals surface area contributed by atoms with Crippen LogP contribution in [0.2, 0.25) is 5.02 Å². The number of aryl methyl sites for hydroxylation is 1. The average molecular weight is 345 g/mol. The highest BCUT2D eigenvalue weighted by molar-refractivity contribution is 6.31. The molecule has 5 heteroatoms.